The summed E-state index contributed by atoms with van der Waals surface area (Å²) in [6.07, 6.45) is 1.38. The van der Waals surface area contributed by atoms with Gasteiger partial charge in [-0.3, -0.25) is 4.79 Å². The maximum absolute atomic E-state index is 10.5. The van der Waals surface area contributed by atoms with E-state index in [9.17, 15) is 4.79 Å². The SMILES string of the molecule is CCc1ccc(CC(N)C(=O)O)cc1. The van der Waals surface area contributed by atoms with Crippen LogP contribution < -0.4 is 5.73 Å². The smallest absolute Gasteiger partial charge is 0.320 e. The number of benzene rings is 1. The van der Waals surface area contributed by atoms with Gasteiger partial charge in [-0.1, -0.05) is 31.2 Å². The predicted molar refractivity (Wildman–Crippen MR) is 55.1 cm³/mol. The number of aliphatic carboxylic acids is 1. The van der Waals surface area contributed by atoms with E-state index in [-0.39, 0.29) is 0 Å². The van der Waals surface area contributed by atoms with Crippen LogP contribution >= 0.6 is 0 Å². The molecule has 0 spiro atoms. The van der Waals surface area contributed by atoms with E-state index in [0.717, 1.165) is 12.0 Å². The molecule has 0 saturated carbocycles. The lowest BCUT2D eigenvalue weighted by molar-refractivity contribution is -0.138. The summed E-state index contributed by atoms with van der Waals surface area (Å²) in [5.74, 6) is -0.954. The number of carboxylic acid groups (broad SMARTS) is 1. The number of nitrogens with two attached hydrogens (primary N) is 1. The Labute approximate surface area is 83.6 Å². The molecule has 3 N–H and O–H groups in total. The summed E-state index contributed by atoms with van der Waals surface area (Å²) in [6.45, 7) is 2.08. The van der Waals surface area contributed by atoms with Crippen molar-refractivity contribution in [1.29, 1.82) is 0 Å². The topological polar surface area (TPSA) is 63.3 Å². The first kappa shape index (κ1) is 10.7. The molecule has 0 radical (unpaired) electrons. The van der Waals surface area contributed by atoms with Crippen LogP contribution in [0.4, 0.5) is 0 Å². The van der Waals surface area contributed by atoms with Crippen molar-refractivity contribution < 1.29 is 9.90 Å². The Hall–Kier alpha value is -1.35. The molecule has 3 heteroatoms. The third kappa shape index (κ3) is 2.85. The van der Waals surface area contributed by atoms with Crippen LogP contribution in [0.15, 0.2) is 24.3 Å². The van der Waals surface area contributed by atoms with Gasteiger partial charge in [0.05, 0.1) is 0 Å². The molecular formula is C11H15NO2. The minimum Gasteiger partial charge on any atom is -0.480 e. The van der Waals surface area contributed by atoms with Gasteiger partial charge >= 0.3 is 5.97 Å². The molecule has 0 saturated heterocycles. The summed E-state index contributed by atoms with van der Waals surface area (Å²) in [5.41, 5.74) is 7.64. The first-order chi connectivity index (χ1) is 6.63. The first-order valence-corrected chi connectivity index (χ1v) is 4.69. The van der Waals surface area contributed by atoms with E-state index in [1.54, 1.807) is 0 Å². The number of hydrogen-bond acceptors (Lipinski definition) is 2. The van der Waals surface area contributed by atoms with Crippen LogP contribution in [-0.2, 0) is 17.6 Å². The van der Waals surface area contributed by atoms with Gasteiger partial charge in [-0.2, -0.15) is 0 Å². The van der Waals surface area contributed by atoms with Crippen molar-refractivity contribution in [1.82, 2.24) is 0 Å². The van der Waals surface area contributed by atoms with Crippen LogP contribution in [0, 0.1) is 0 Å². The Kier molecular flexibility index (Phi) is 3.65. The van der Waals surface area contributed by atoms with Gasteiger partial charge in [-0.15, -0.1) is 0 Å². The second kappa shape index (κ2) is 4.77. The Morgan fingerprint density at radius 2 is 1.86 bits per heavy atom. The van der Waals surface area contributed by atoms with Crippen LogP contribution in [-0.4, -0.2) is 17.1 Å². The predicted octanol–water partition coefficient (Wildman–Crippen LogP) is 1.20. The van der Waals surface area contributed by atoms with Crippen molar-refractivity contribution in [2.24, 2.45) is 5.73 Å². The van der Waals surface area contributed by atoms with Crippen LogP contribution in [0.25, 0.3) is 0 Å². The molecule has 76 valence electrons. The fourth-order valence-corrected chi connectivity index (χ4v) is 1.25. The van der Waals surface area contributed by atoms with E-state index in [0.29, 0.717) is 6.42 Å². The summed E-state index contributed by atoms with van der Waals surface area (Å²) in [6, 6.07) is 7.07. The van der Waals surface area contributed by atoms with E-state index in [4.69, 9.17) is 10.8 Å². The lowest BCUT2D eigenvalue weighted by Crippen LogP contribution is -2.32. The second-order valence-electron chi connectivity index (χ2n) is 3.32. The van der Waals surface area contributed by atoms with Crippen molar-refractivity contribution in [2.45, 2.75) is 25.8 Å². The highest BCUT2D eigenvalue weighted by atomic mass is 16.4. The maximum atomic E-state index is 10.5. The van der Waals surface area contributed by atoms with Gasteiger partial charge in [0.2, 0.25) is 0 Å². The molecule has 1 atom stereocenters. The number of hydrogen-bond donors (Lipinski definition) is 2. The van der Waals surface area contributed by atoms with Crippen LogP contribution in [0.3, 0.4) is 0 Å². The van der Waals surface area contributed by atoms with Crippen LogP contribution in [0.1, 0.15) is 18.1 Å². The highest BCUT2D eigenvalue weighted by Gasteiger charge is 2.11. The lowest BCUT2D eigenvalue weighted by atomic mass is 10.0. The first-order valence-electron chi connectivity index (χ1n) is 4.69. The zero-order valence-corrected chi connectivity index (χ0v) is 8.23. The van der Waals surface area contributed by atoms with Crippen molar-refractivity contribution >= 4 is 5.97 Å². The van der Waals surface area contributed by atoms with Gasteiger partial charge in [0.15, 0.2) is 0 Å². The number of carboxylic acids is 1. The molecule has 0 bridgehead atoms. The monoisotopic (exact) mass is 193 g/mol. The quantitative estimate of drug-likeness (QED) is 0.755. The largest absolute Gasteiger partial charge is 0.480 e. The van der Waals surface area contributed by atoms with Crippen molar-refractivity contribution in [3.8, 4) is 0 Å². The van der Waals surface area contributed by atoms with E-state index >= 15 is 0 Å². The molecule has 0 aromatic heterocycles. The average molecular weight is 193 g/mol. The molecule has 0 aliphatic carbocycles. The van der Waals surface area contributed by atoms with Gasteiger partial charge < -0.3 is 10.8 Å². The molecule has 1 aromatic rings. The molecule has 1 aromatic carbocycles. The molecule has 3 nitrogen and oxygen atoms in total. The standard InChI is InChI=1S/C11H15NO2/c1-2-8-3-5-9(6-4-8)7-10(12)11(13)14/h3-6,10H,2,7,12H2,1H3,(H,13,14). The Morgan fingerprint density at radius 1 is 1.36 bits per heavy atom. The van der Waals surface area contributed by atoms with Gasteiger partial charge in [0.25, 0.3) is 0 Å². The summed E-state index contributed by atoms with van der Waals surface area (Å²) >= 11 is 0. The van der Waals surface area contributed by atoms with Crippen molar-refractivity contribution in [3.05, 3.63) is 35.4 Å². The fraction of sp³-hybridized carbons (Fsp3) is 0.364. The highest BCUT2D eigenvalue weighted by molar-refractivity contribution is 5.73. The minimum atomic E-state index is -0.954. The fourth-order valence-electron chi connectivity index (χ4n) is 1.25. The zero-order valence-electron chi connectivity index (χ0n) is 8.23. The Balaban J connectivity index is 2.64. The zero-order chi connectivity index (χ0) is 10.6. The number of aryl methyl sites for hydroxylation is 1. The van der Waals surface area contributed by atoms with Gasteiger partial charge in [-0.25, -0.2) is 0 Å². The van der Waals surface area contributed by atoms with Crippen LogP contribution in [0.5, 0.6) is 0 Å². The summed E-state index contributed by atoms with van der Waals surface area (Å²) in [4.78, 5) is 10.5. The van der Waals surface area contributed by atoms with Gasteiger partial charge in [-0.05, 0) is 24.0 Å². The molecule has 0 heterocycles. The second-order valence-corrected chi connectivity index (χ2v) is 3.32. The number of rotatable bonds is 4. The van der Waals surface area contributed by atoms with Gasteiger partial charge in [0, 0.05) is 0 Å². The Morgan fingerprint density at radius 3 is 2.29 bits per heavy atom. The van der Waals surface area contributed by atoms with E-state index in [1.165, 1.54) is 5.56 Å². The van der Waals surface area contributed by atoms with Gasteiger partial charge in [0.1, 0.15) is 6.04 Å². The third-order valence-electron chi connectivity index (χ3n) is 2.20. The van der Waals surface area contributed by atoms with E-state index < -0.39 is 12.0 Å². The van der Waals surface area contributed by atoms with Crippen LogP contribution in [0.2, 0.25) is 0 Å². The van der Waals surface area contributed by atoms with Crippen molar-refractivity contribution in [2.75, 3.05) is 0 Å². The average Bonchev–Trinajstić information content (AvgIpc) is 2.19. The van der Waals surface area contributed by atoms with Crippen molar-refractivity contribution in [3.63, 3.8) is 0 Å². The third-order valence-corrected chi connectivity index (χ3v) is 2.20. The number of carbonyl (C=O) groups is 1. The molecule has 1 rings (SSSR count). The normalized spacial score (nSPS) is 12.4. The highest BCUT2D eigenvalue weighted by Crippen LogP contribution is 2.06. The molecule has 0 fully saturated rings. The molecule has 0 amide bonds. The molecular weight excluding hydrogens is 178 g/mol. The summed E-state index contributed by atoms with van der Waals surface area (Å²) < 4.78 is 0. The van der Waals surface area contributed by atoms with E-state index in [1.807, 2.05) is 24.3 Å². The molecule has 1 unspecified atom stereocenters. The minimum absolute atomic E-state index is 0.388. The Bertz CT molecular complexity index is 306. The molecule has 0 aliphatic rings. The maximum Gasteiger partial charge on any atom is 0.320 e. The lowest BCUT2D eigenvalue weighted by Gasteiger charge is -2.06. The molecule has 14 heavy (non-hydrogen) atoms. The summed E-state index contributed by atoms with van der Waals surface area (Å²) in [7, 11) is 0. The molecule has 0 aliphatic heterocycles. The van der Waals surface area contributed by atoms with E-state index in [2.05, 4.69) is 6.92 Å². The summed E-state index contributed by atoms with van der Waals surface area (Å²) in [5, 5.41) is 8.62.